The van der Waals surface area contributed by atoms with Crippen molar-refractivity contribution in [3.05, 3.63) is 53.6 Å². The second-order valence-electron chi connectivity index (χ2n) is 7.27. The highest BCUT2D eigenvalue weighted by Crippen LogP contribution is 2.25. The van der Waals surface area contributed by atoms with Gasteiger partial charge >= 0.3 is 0 Å². The molecule has 0 bridgehead atoms. The van der Waals surface area contributed by atoms with Crippen molar-refractivity contribution < 1.29 is 13.2 Å². The number of piperazine rings is 1. The summed E-state index contributed by atoms with van der Waals surface area (Å²) < 4.78 is 26.8. The zero-order valence-corrected chi connectivity index (χ0v) is 17.9. The molecule has 7 nitrogen and oxygen atoms in total. The van der Waals surface area contributed by atoms with Gasteiger partial charge in [-0.1, -0.05) is 13.0 Å². The summed E-state index contributed by atoms with van der Waals surface area (Å²) >= 11 is 0. The molecule has 1 amide bonds. The van der Waals surface area contributed by atoms with Crippen LogP contribution >= 0.6 is 0 Å². The maximum absolute atomic E-state index is 12.6. The summed E-state index contributed by atoms with van der Waals surface area (Å²) in [5, 5.41) is 2.87. The first-order valence-corrected chi connectivity index (χ1v) is 11.2. The lowest BCUT2D eigenvalue weighted by atomic mass is 10.1. The van der Waals surface area contributed by atoms with E-state index in [0.29, 0.717) is 11.3 Å². The molecule has 2 aromatic carbocycles. The van der Waals surface area contributed by atoms with Crippen LogP contribution in [0.3, 0.4) is 0 Å². The molecule has 0 radical (unpaired) electrons. The molecule has 2 N–H and O–H groups in total. The number of sulfonamides is 1. The van der Waals surface area contributed by atoms with Crippen molar-refractivity contribution in [2.24, 2.45) is 0 Å². The number of hydrogen-bond acceptors (Lipinski definition) is 5. The van der Waals surface area contributed by atoms with Gasteiger partial charge in [-0.3, -0.25) is 4.79 Å². The Morgan fingerprint density at radius 3 is 2.45 bits per heavy atom. The summed E-state index contributed by atoms with van der Waals surface area (Å²) in [5.41, 5.74) is 3.25. The molecule has 0 aliphatic carbocycles. The SMILES string of the molecule is CCNS(=O)(=O)c1cccc(C(=O)Nc2ccc(N3CCN(C)CC3)c(C)c2)c1. The molecule has 1 fully saturated rings. The smallest absolute Gasteiger partial charge is 0.255 e. The number of likely N-dealkylation sites (N-methyl/N-ethyl adjacent to an activating group) is 1. The fourth-order valence-electron chi connectivity index (χ4n) is 3.42. The number of carbonyl (C=O) groups excluding carboxylic acids is 1. The molecule has 0 aromatic heterocycles. The minimum absolute atomic E-state index is 0.0774. The van der Waals surface area contributed by atoms with Crippen LogP contribution in [0.1, 0.15) is 22.8 Å². The zero-order chi connectivity index (χ0) is 21.0. The fourth-order valence-corrected chi connectivity index (χ4v) is 4.50. The first kappa shape index (κ1) is 21.3. The Hall–Kier alpha value is -2.42. The molecule has 3 rings (SSSR count). The van der Waals surface area contributed by atoms with Gasteiger partial charge in [-0.05, 0) is 55.9 Å². The van der Waals surface area contributed by atoms with Crippen LogP contribution in [0, 0.1) is 6.92 Å². The van der Waals surface area contributed by atoms with Crippen LogP contribution in [0.15, 0.2) is 47.4 Å². The van der Waals surface area contributed by atoms with Crippen LogP contribution in [0.25, 0.3) is 0 Å². The largest absolute Gasteiger partial charge is 0.369 e. The van der Waals surface area contributed by atoms with Crippen molar-refractivity contribution in [3.63, 3.8) is 0 Å². The van der Waals surface area contributed by atoms with Crippen molar-refractivity contribution in [3.8, 4) is 0 Å². The van der Waals surface area contributed by atoms with Crippen LogP contribution in [-0.2, 0) is 10.0 Å². The normalized spacial score (nSPS) is 15.3. The number of rotatable bonds is 6. The number of anilines is 2. The third-order valence-corrected chi connectivity index (χ3v) is 6.58. The topological polar surface area (TPSA) is 81.7 Å². The quantitative estimate of drug-likeness (QED) is 0.755. The number of aryl methyl sites for hydroxylation is 1. The van der Waals surface area contributed by atoms with E-state index in [1.807, 2.05) is 25.1 Å². The van der Waals surface area contributed by atoms with E-state index in [4.69, 9.17) is 0 Å². The Morgan fingerprint density at radius 1 is 1.07 bits per heavy atom. The number of nitrogens with one attached hydrogen (secondary N) is 2. The van der Waals surface area contributed by atoms with Crippen LogP contribution < -0.4 is 14.9 Å². The van der Waals surface area contributed by atoms with E-state index in [0.717, 1.165) is 31.7 Å². The van der Waals surface area contributed by atoms with Crippen molar-refractivity contribution in [2.75, 3.05) is 50.0 Å². The van der Waals surface area contributed by atoms with Gasteiger partial charge in [0.1, 0.15) is 0 Å². The Bertz CT molecular complexity index is 983. The van der Waals surface area contributed by atoms with Crippen LogP contribution in [0.5, 0.6) is 0 Å². The van der Waals surface area contributed by atoms with E-state index in [9.17, 15) is 13.2 Å². The molecular weight excluding hydrogens is 388 g/mol. The zero-order valence-electron chi connectivity index (χ0n) is 17.1. The molecule has 0 spiro atoms. The van der Waals surface area contributed by atoms with Gasteiger partial charge in [-0.2, -0.15) is 0 Å². The van der Waals surface area contributed by atoms with Gasteiger partial charge in [0.15, 0.2) is 0 Å². The number of carbonyl (C=O) groups is 1. The average Bonchev–Trinajstić information content (AvgIpc) is 2.69. The highest BCUT2D eigenvalue weighted by Gasteiger charge is 2.17. The van der Waals surface area contributed by atoms with E-state index in [2.05, 4.69) is 26.9 Å². The van der Waals surface area contributed by atoms with Crippen molar-refractivity contribution in [1.29, 1.82) is 0 Å². The number of benzene rings is 2. The summed E-state index contributed by atoms with van der Waals surface area (Å²) in [6.07, 6.45) is 0. The van der Waals surface area contributed by atoms with E-state index >= 15 is 0 Å². The maximum Gasteiger partial charge on any atom is 0.255 e. The monoisotopic (exact) mass is 416 g/mol. The molecule has 0 unspecified atom stereocenters. The molecule has 2 aromatic rings. The molecule has 1 saturated heterocycles. The van der Waals surface area contributed by atoms with Gasteiger partial charge in [0, 0.05) is 49.7 Å². The minimum atomic E-state index is -3.61. The Balaban J connectivity index is 1.73. The number of nitrogens with zero attached hydrogens (tertiary/aromatic N) is 2. The third-order valence-electron chi connectivity index (χ3n) is 5.04. The van der Waals surface area contributed by atoms with E-state index in [1.54, 1.807) is 19.1 Å². The van der Waals surface area contributed by atoms with Gasteiger partial charge < -0.3 is 15.1 Å². The Morgan fingerprint density at radius 2 is 1.79 bits per heavy atom. The second-order valence-corrected chi connectivity index (χ2v) is 9.04. The van der Waals surface area contributed by atoms with Crippen LogP contribution in [0.4, 0.5) is 11.4 Å². The summed E-state index contributed by atoms with van der Waals surface area (Å²) in [4.78, 5) is 17.4. The Labute approximate surface area is 172 Å². The standard InChI is InChI=1S/C21H28N4O3S/c1-4-22-29(27,28)19-7-5-6-17(15-19)21(26)23-18-8-9-20(16(2)14-18)25-12-10-24(3)11-13-25/h5-9,14-15,22H,4,10-13H2,1-3H3,(H,23,26). The summed E-state index contributed by atoms with van der Waals surface area (Å²) in [7, 11) is -1.48. The van der Waals surface area contributed by atoms with Gasteiger partial charge in [-0.15, -0.1) is 0 Å². The third kappa shape index (κ3) is 5.14. The molecular formula is C21H28N4O3S. The lowest BCUT2D eigenvalue weighted by Crippen LogP contribution is -2.44. The molecule has 1 heterocycles. The van der Waals surface area contributed by atoms with Crippen molar-refractivity contribution in [1.82, 2.24) is 9.62 Å². The molecule has 0 atom stereocenters. The number of hydrogen-bond donors (Lipinski definition) is 2. The molecule has 156 valence electrons. The van der Waals surface area contributed by atoms with Gasteiger partial charge in [-0.25, -0.2) is 13.1 Å². The highest BCUT2D eigenvalue weighted by atomic mass is 32.2. The molecule has 29 heavy (non-hydrogen) atoms. The van der Waals surface area contributed by atoms with Gasteiger partial charge in [0.05, 0.1) is 4.90 Å². The first-order chi connectivity index (χ1) is 13.8. The van der Waals surface area contributed by atoms with Gasteiger partial charge in [0.2, 0.25) is 10.0 Å². The predicted molar refractivity (Wildman–Crippen MR) is 116 cm³/mol. The van der Waals surface area contributed by atoms with Crippen LogP contribution in [0.2, 0.25) is 0 Å². The van der Waals surface area contributed by atoms with Gasteiger partial charge in [0.25, 0.3) is 5.91 Å². The first-order valence-electron chi connectivity index (χ1n) is 9.75. The lowest BCUT2D eigenvalue weighted by Gasteiger charge is -2.35. The summed E-state index contributed by atoms with van der Waals surface area (Å²) in [6, 6.07) is 11.9. The maximum atomic E-state index is 12.6. The highest BCUT2D eigenvalue weighted by molar-refractivity contribution is 7.89. The minimum Gasteiger partial charge on any atom is -0.369 e. The summed E-state index contributed by atoms with van der Waals surface area (Å²) in [5.74, 6) is -0.342. The molecule has 0 saturated carbocycles. The van der Waals surface area contributed by atoms with Crippen LogP contribution in [-0.4, -0.2) is 59.0 Å². The average molecular weight is 417 g/mol. The van der Waals surface area contributed by atoms with E-state index in [-0.39, 0.29) is 17.3 Å². The van der Waals surface area contributed by atoms with E-state index in [1.165, 1.54) is 17.8 Å². The Kier molecular flexibility index (Phi) is 6.56. The predicted octanol–water partition coefficient (Wildman–Crippen LogP) is 2.30. The molecule has 8 heteroatoms. The molecule has 1 aliphatic heterocycles. The molecule has 1 aliphatic rings. The van der Waals surface area contributed by atoms with Crippen molar-refractivity contribution >= 4 is 27.3 Å². The lowest BCUT2D eigenvalue weighted by molar-refractivity contribution is 0.102. The number of amides is 1. The van der Waals surface area contributed by atoms with Crippen molar-refractivity contribution in [2.45, 2.75) is 18.7 Å². The summed E-state index contributed by atoms with van der Waals surface area (Å²) in [6.45, 7) is 8.06. The second kappa shape index (κ2) is 8.94. The fraction of sp³-hybridized carbons (Fsp3) is 0.381. The van der Waals surface area contributed by atoms with E-state index < -0.39 is 10.0 Å².